The molecule has 0 aliphatic heterocycles. The van der Waals surface area contributed by atoms with Crippen LogP contribution in [0.25, 0.3) is 0 Å². The average molecular weight is 233 g/mol. The fourth-order valence-electron chi connectivity index (χ4n) is 2.90. The Morgan fingerprint density at radius 3 is 2.59 bits per heavy atom. The summed E-state index contributed by atoms with van der Waals surface area (Å²) in [6.07, 6.45) is 6.21. The van der Waals surface area contributed by atoms with E-state index in [1.165, 1.54) is 36.8 Å². The van der Waals surface area contributed by atoms with Crippen LogP contribution in [0.15, 0.2) is 6.07 Å². The molecule has 17 heavy (non-hydrogen) atoms. The highest BCUT2D eigenvalue weighted by atomic mass is 16.5. The van der Waals surface area contributed by atoms with Crippen LogP contribution in [0.4, 0.5) is 0 Å². The summed E-state index contributed by atoms with van der Waals surface area (Å²) in [6, 6.07) is 2.22. The Morgan fingerprint density at radius 1 is 1.24 bits per heavy atom. The van der Waals surface area contributed by atoms with E-state index >= 15 is 0 Å². The molecule has 94 valence electrons. The van der Waals surface area contributed by atoms with E-state index in [2.05, 4.69) is 18.3 Å². The first kappa shape index (κ1) is 12.4. The van der Waals surface area contributed by atoms with Crippen LogP contribution in [0.2, 0.25) is 0 Å². The minimum atomic E-state index is 1.02. The van der Waals surface area contributed by atoms with Gasteiger partial charge in [0, 0.05) is 0 Å². The fraction of sp³-hybridized carbons (Fsp3) is 0.600. The molecule has 0 fully saturated rings. The highest BCUT2D eigenvalue weighted by Crippen LogP contribution is 2.33. The van der Waals surface area contributed by atoms with Crippen molar-refractivity contribution in [3.63, 3.8) is 0 Å². The highest BCUT2D eigenvalue weighted by molar-refractivity contribution is 5.50. The van der Waals surface area contributed by atoms with Gasteiger partial charge in [-0.25, -0.2) is 0 Å². The summed E-state index contributed by atoms with van der Waals surface area (Å²) < 4.78 is 5.56. The molecule has 0 unspecified atom stereocenters. The van der Waals surface area contributed by atoms with Crippen molar-refractivity contribution in [3.05, 3.63) is 28.3 Å². The third kappa shape index (κ3) is 2.47. The Kier molecular flexibility index (Phi) is 4.06. The molecule has 2 rings (SSSR count). The van der Waals surface area contributed by atoms with Gasteiger partial charge >= 0.3 is 0 Å². The zero-order chi connectivity index (χ0) is 12.3. The molecule has 1 aliphatic carbocycles. The van der Waals surface area contributed by atoms with Crippen LogP contribution in [0, 0.1) is 6.92 Å². The molecule has 2 nitrogen and oxygen atoms in total. The number of rotatable bonds is 4. The van der Waals surface area contributed by atoms with Gasteiger partial charge in [-0.3, -0.25) is 0 Å². The topological polar surface area (TPSA) is 21.3 Å². The lowest BCUT2D eigenvalue weighted by atomic mass is 9.84. The first-order chi connectivity index (χ1) is 8.27. The summed E-state index contributed by atoms with van der Waals surface area (Å²) >= 11 is 0. The molecular formula is C15H23NO. The lowest BCUT2D eigenvalue weighted by Gasteiger charge is -2.24. The average Bonchev–Trinajstić information content (AvgIpc) is 2.37. The molecule has 2 heteroatoms. The predicted molar refractivity (Wildman–Crippen MR) is 72.0 cm³/mol. The number of ether oxygens (including phenoxy) is 1. The minimum Gasteiger partial charge on any atom is -0.496 e. The van der Waals surface area contributed by atoms with Crippen LogP contribution < -0.4 is 10.1 Å². The van der Waals surface area contributed by atoms with Crippen LogP contribution in [-0.4, -0.2) is 20.7 Å². The lowest BCUT2D eigenvalue weighted by molar-refractivity contribution is 0.407. The van der Waals surface area contributed by atoms with Crippen molar-refractivity contribution in [3.8, 4) is 5.75 Å². The van der Waals surface area contributed by atoms with Gasteiger partial charge in [0.1, 0.15) is 5.75 Å². The van der Waals surface area contributed by atoms with E-state index in [1.54, 1.807) is 18.2 Å². The standard InChI is InChI=1S/C15H23NO/c1-11-10-15(17-3)14(8-9-16-2)13-7-5-4-6-12(11)13/h10,16H,4-9H2,1-3H3. The van der Waals surface area contributed by atoms with Crippen molar-refractivity contribution in [1.82, 2.24) is 5.32 Å². The summed E-state index contributed by atoms with van der Waals surface area (Å²) in [6.45, 7) is 3.24. The van der Waals surface area contributed by atoms with Gasteiger partial charge in [0.25, 0.3) is 0 Å². The maximum atomic E-state index is 5.56. The summed E-state index contributed by atoms with van der Waals surface area (Å²) in [4.78, 5) is 0. The largest absolute Gasteiger partial charge is 0.496 e. The molecule has 0 bridgehead atoms. The number of hydrogen-bond donors (Lipinski definition) is 1. The zero-order valence-electron chi connectivity index (χ0n) is 11.2. The molecule has 0 heterocycles. The second kappa shape index (κ2) is 5.54. The summed E-state index contributed by atoms with van der Waals surface area (Å²) in [5.41, 5.74) is 6.00. The molecule has 1 N–H and O–H groups in total. The molecule has 0 aromatic heterocycles. The van der Waals surface area contributed by atoms with Crippen molar-refractivity contribution in [2.75, 3.05) is 20.7 Å². The Bertz CT molecular complexity index is 398. The summed E-state index contributed by atoms with van der Waals surface area (Å²) in [7, 11) is 3.79. The van der Waals surface area contributed by atoms with Crippen molar-refractivity contribution < 1.29 is 4.74 Å². The van der Waals surface area contributed by atoms with E-state index in [1.807, 2.05) is 7.05 Å². The van der Waals surface area contributed by atoms with Crippen LogP contribution in [0.5, 0.6) is 5.75 Å². The van der Waals surface area contributed by atoms with Crippen LogP contribution in [-0.2, 0) is 19.3 Å². The van der Waals surface area contributed by atoms with Gasteiger partial charge in [-0.05, 0) is 80.9 Å². The van der Waals surface area contributed by atoms with E-state index in [9.17, 15) is 0 Å². The maximum absolute atomic E-state index is 5.56. The number of aryl methyl sites for hydroxylation is 1. The SMILES string of the molecule is CNCCc1c(OC)cc(C)c2c1CCCC2. The van der Waals surface area contributed by atoms with Crippen molar-refractivity contribution in [2.24, 2.45) is 0 Å². The van der Waals surface area contributed by atoms with Crippen LogP contribution in [0.3, 0.4) is 0 Å². The van der Waals surface area contributed by atoms with Gasteiger partial charge in [-0.1, -0.05) is 0 Å². The van der Waals surface area contributed by atoms with E-state index in [4.69, 9.17) is 4.74 Å². The second-order valence-corrected chi connectivity index (χ2v) is 4.89. The number of hydrogen-bond acceptors (Lipinski definition) is 2. The summed E-state index contributed by atoms with van der Waals surface area (Å²) in [5.74, 6) is 1.08. The third-order valence-corrected chi connectivity index (χ3v) is 3.80. The molecule has 0 spiro atoms. The Balaban J connectivity index is 2.44. The monoisotopic (exact) mass is 233 g/mol. The van der Waals surface area contributed by atoms with E-state index in [0.29, 0.717) is 0 Å². The lowest BCUT2D eigenvalue weighted by Crippen LogP contribution is -2.15. The van der Waals surface area contributed by atoms with E-state index < -0.39 is 0 Å². The van der Waals surface area contributed by atoms with Gasteiger partial charge in [0.2, 0.25) is 0 Å². The molecule has 0 saturated heterocycles. The Morgan fingerprint density at radius 2 is 1.94 bits per heavy atom. The minimum absolute atomic E-state index is 1.02. The molecule has 0 saturated carbocycles. The van der Waals surface area contributed by atoms with E-state index in [-0.39, 0.29) is 0 Å². The second-order valence-electron chi connectivity index (χ2n) is 4.89. The van der Waals surface area contributed by atoms with Crippen LogP contribution in [0.1, 0.15) is 35.1 Å². The van der Waals surface area contributed by atoms with Gasteiger partial charge in [-0.2, -0.15) is 0 Å². The van der Waals surface area contributed by atoms with Crippen LogP contribution >= 0.6 is 0 Å². The quantitative estimate of drug-likeness (QED) is 0.863. The first-order valence-electron chi connectivity index (χ1n) is 6.60. The summed E-state index contributed by atoms with van der Waals surface area (Å²) in [5, 5.41) is 3.23. The zero-order valence-corrected chi connectivity index (χ0v) is 11.2. The smallest absolute Gasteiger partial charge is 0.122 e. The molecule has 1 aromatic carbocycles. The fourth-order valence-corrected chi connectivity index (χ4v) is 2.90. The maximum Gasteiger partial charge on any atom is 0.122 e. The van der Waals surface area contributed by atoms with E-state index in [0.717, 1.165) is 18.7 Å². The number of benzene rings is 1. The predicted octanol–water partition coefficient (Wildman–Crippen LogP) is 2.64. The van der Waals surface area contributed by atoms with Gasteiger partial charge in [-0.15, -0.1) is 0 Å². The van der Waals surface area contributed by atoms with Gasteiger partial charge in [0.05, 0.1) is 7.11 Å². The molecule has 1 aromatic rings. The van der Waals surface area contributed by atoms with Crippen molar-refractivity contribution in [1.29, 1.82) is 0 Å². The number of likely N-dealkylation sites (N-methyl/N-ethyl adjacent to an activating group) is 1. The Hall–Kier alpha value is -1.02. The van der Waals surface area contributed by atoms with Crippen molar-refractivity contribution in [2.45, 2.75) is 39.0 Å². The molecule has 1 aliphatic rings. The molecule has 0 atom stereocenters. The molecule has 0 radical (unpaired) electrons. The van der Waals surface area contributed by atoms with Gasteiger partial charge < -0.3 is 10.1 Å². The highest BCUT2D eigenvalue weighted by Gasteiger charge is 2.18. The normalized spacial score (nSPS) is 14.5. The number of methoxy groups -OCH3 is 1. The number of fused-ring (bicyclic) bond motifs is 1. The molecular weight excluding hydrogens is 210 g/mol. The first-order valence-corrected chi connectivity index (χ1v) is 6.60. The third-order valence-electron chi connectivity index (χ3n) is 3.80. The Labute approximate surface area is 104 Å². The molecule has 0 amide bonds. The van der Waals surface area contributed by atoms with Gasteiger partial charge in [0.15, 0.2) is 0 Å². The number of nitrogens with one attached hydrogen (secondary N) is 1. The van der Waals surface area contributed by atoms with Crippen molar-refractivity contribution >= 4 is 0 Å².